The zero-order valence-corrected chi connectivity index (χ0v) is 8.76. The summed E-state index contributed by atoms with van der Waals surface area (Å²) in [5, 5.41) is 9.14. The molecule has 2 nitrogen and oxygen atoms in total. The number of aliphatic hydroxyl groups excluding tert-OH is 1. The molecule has 1 saturated carbocycles. The number of rotatable bonds is 1. The van der Waals surface area contributed by atoms with Gasteiger partial charge in [0.05, 0.1) is 11.7 Å². The number of hydrogen-bond acceptors (Lipinski definition) is 2. The molecule has 17 heavy (non-hydrogen) atoms. The Morgan fingerprint density at radius 2 is 1.88 bits per heavy atom. The highest BCUT2D eigenvalue weighted by molar-refractivity contribution is 5.34. The average Bonchev–Trinajstić information content (AvgIpc) is 2.14. The molecule has 3 N–H and O–H groups in total. The number of halogens is 4. The van der Waals surface area contributed by atoms with Crippen molar-refractivity contribution in [3.63, 3.8) is 0 Å². The van der Waals surface area contributed by atoms with E-state index in [9.17, 15) is 17.6 Å². The van der Waals surface area contributed by atoms with Gasteiger partial charge in [0.2, 0.25) is 0 Å². The molecule has 1 aromatic carbocycles. The molecule has 0 bridgehead atoms. The SMILES string of the molecule is NC1(c2cc(C(F)(F)F)ccc2F)CC(O)C1. The highest BCUT2D eigenvalue weighted by atomic mass is 19.4. The molecule has 1 aliphatic rings. The molecular weight excluding hydrogens is 238 g/mol. The van der Waals surface area contributed by atoms with Gasteiger partial charge in [-0.15, -0.1) is 0 Å². The van der Waals surface area contributed by atoms with E-state index in [4.69, 9.17) is 10.8 Å². The fourth-order valence-electron chi connectivity index (χ4n) is 2.08. The molecule has 0 saturated heterocycles. The van der Waals surface area contributed by atoms with E-state index >= 15 is 0 Å². The fraction of sp³-hybridized carbons (Fsp3) is 0.455. The molecule has 0 unspecified atom stereocenters. The molecule has 2 rings (SSSR count). The Labute approximate surface area is 95.0 Å². The van der Waals surface area contributed by atoms with Gasteiger partial charge >= 0.3 is 6.18 Å². The Balaban J connectivity index is 2.41. The van der Waals surface area contributed by atoms with E-state index in [1.54, 1.807) is 0 Å². The van der Waals surface area contributed by atoms with Crippen molar-refractivity contribution >= 4 is 0 Å². The van der Waals surface area contributed by atoms with Gasteiger partial charge in [0.1, 0.15) is 5.82 Å². The van der Waals surface area contributed by atoms with Crippen molar-refractivity contribution in [2.24, 2.45) is 5.73 Å². The van der Waals surface area contributed by atoms with Crippen LogP contribution in [0.1, 0.15) is 24.0 Å². The monoisotopic (exact) mass is 249 g/mol. The van der Waals surface area contributed by atoms with Crippen LogP contribution in [0.4, 0.5) is 17.6 Å². The van der Waals surface area contributed by atoms with Crippen molar-refractivity contribution in [2.45, 2.75) is 30.7 Å². The Bertz CT molecular complexity index is 438. The lowest BCUT2D eigenvalue weighted by molar-refractivity contribution is -0.137. The molecule has 0 atom stereocenters. The van der Waals surface area contributed by atoms with Crippen LogP contribution in [0.2, 0.25) is 0 Å². The van der Waals surface area contributed by atoms with Crippen LogP contribution in [0.3, 0.4) is 0 Å². The summed E-state index contributed by atoms with van der Waals surface area (Å²) in [6.45, 7) is 0. The number of hydrogen-bond donors (Lipinski definition) is 2. The van der Waals surface area contributed by atoms with Crippen molar-refractivity contribution in [1.29, 1.82) is 0 Å². The summed E-state index contributed by atoms with van der Waals surface area (Å²) < 4.78 is 50.9. The number of benzene rings is 1. The van der Waals surface area contributed by atoms with Crippen LogP contribution in [-0.2, 0) is 11.7 Å². The Kier molecular flexibility index (Phi) is 2.67. The summed E-state index contributed by atoms with van der Waals surface area (Å²) in [6.07, 6.45) is -5.05. The van der Waals surface area contributed by atoms with E-state index in [-0.39, 0.29) is 18.4 Å². The summed E-state index contributed by atoms with van der Waals surface area (Å²) in [4.78, 5) is 0. The third-order valence-electron chi connectivity index (χ3n) is 3.03. The molecule has 6 heteroatoms. The highest BCUT2D eigenvalue weighted by Gasteiger charge is 2.44. The maximum atomic E-state index is 13.5. The van der Waals surface area contributed by atoms with Gasteiger partial charge in [-0.3, -0.25) is 0 Å². The Morgan fingerprint density at radius 1 is 1.29 bits per heavy atom. The summed E-state index contributed by atoms with van der Waals surface area (Å²) in [5.74, 6) is -0.771. The predicted molar refractivity (Wildman–Crippen MR) is 52.5 cm³/mol. The topological polar surface area (TPSA) is 46.2 Å². The van der Waals surface area contributed by atoms with Crippen molar-refractivity contribution in [3.8, 4) is 0 Å². The minimum Gasteiger partial charge on any atom is -0.393 e. The van der Waals surface area contributed by atoms with Crippen LogP contribution in [0, 0.1) is 5.82 Å². The maximum Gasteiger partial charge on any atom is 0.416 e. The number of alkyl halides is 3. The average molecular weight is 249 g/mol. The molecule has 1 aromatic rings. The summed E-state index contributed by atoms with van der Waals surface area (Å²) in [5.41, 5.74) is 3.46. The molecule has 0 radical (unpaired) electrons. The first-order chi connectivity index (χ1) is 7.72. The smallest absolute Gasteiger partial charge is 0.393 e. The first-order valence-electron chi connectivity index (χ1n) is 5.06. The zero-order chi connectivity index (χ0) is 12.8. The van der Waals surface area contributed by atoms with Crippen LogP contribution in [-0.4, -0.2) is 11.2 Å². The lowest BCUT2D eigenvalue weighted by Gasteiger charge is -2.42. The largest absolute Gasteiger partial charge is 0.416 e. The molecule has 94 valence electrons. The van der Waals surface area contributed by atoms with E-state index in [2.05, 4.69) is 0 Å². The standard InChI is InChI=1S/C11H11F4NO/c12-9-2-1-6(11(13,14)15)3-8(9)10(16)4-7(17)5-10/h1-3,7,17H,4-5,16H2. The normalized spacial score (nSPS) is 28.9. The molecule has 0 aromatic heterocycles. The van der Waals surface area contributed by atoms with E-state index in [1.807, 2.05) is 0 Å². The molecule has 1 fully saturated rings. The van der Waals surface area contributed by atoms with Crippen molar-refractivity contribution in [1.82, 2.24) is 0 Å². The second-order valence-electron chi connectivity index (χ2n) is 4.41. The van der Waals surface area contributed by atoms with Crippen LogP contribution < -0.4 is 5.73 Å². The fourth-order valence-corrected chi connectivity index (χ4v) is 2.08. The quantitative estimate of drug-likeness (QED) is 0.749. The first kappa shape index (κ1) is 12.3. The first-order valence-corrected chi connectivity index (χ1v) is 5.06. The lowest BCUT2D eigenvalue weighted by atomic mass is 9.70. The van der Waals surface area contributed by atoms with E-state index in [0.717, 1.165) is 12.1 Å². The Morgan fingerprint density at radius 3 is 2.35 bits per heavy atom. The van der Waals surface area contributed by atoms with Crippen molar-refractivity contribution < 1.29 is 22.7 Å². The van der Waals surface area contributed by atoms with Gasteiger partial charge in [0.15, 0.2) is 0 Å². The molecular formula is C11H11F4NO. The van der Waals surface area contributed by atoms with Gasteiger partial charge in [-0.2, -0.15) is 13.2 Å². The Hall–Kier alpha value is -1.14. The third kappa shape index (κ3) is 2.14. The van der Waals surface area contributed by atoms with Crippen LogP contribution in [0.15, 0.2) is 18.2 Å². The predicted octanol–water partition coefficient (Wildman–Crippen LogP) is 2.15. The summed E-state index contributed by atoms with van der Waals surface area (Å²) in [7, 11) is 0. The minimum atomic E-state index is -4.53. The molecule has 0 amide bonds. The maximum absolute atomic E-state index is 13.5. The van der Waals surface area contributed by atoms with E-state index in [1.165, 1.54) is 0 Å². The molecule has 0 aliphatic heterocycles. The number of nitrogens with two attached hydrogens (primary N) is 1. The number of aliphatic hydroxyl groups is 1. The van der Waals surface area contributed by atoms with Gasteiger partial charge in [-0.05, 0) is 31.0 Å². The highest BCUT2D eigenvalue weighted by Crippen LogP contribution is 2.42. The van der Waals surface area contributed by atoms with Gasteiger partial charge in [0, 0.05) is 11.1 Å². The second-order valence-corrected chi connectivity index (χ2v) is 4.41. The van der Waals surface area contributed by atoms with Gasteiger partial charge < -0.3 is 10.8 Å². The van der Waals surface area contributed by atoms with E-state index < -0.39 is 29.2 Å². The van der Waals surface area contributed by atoms with Gasteiger partial charge in [-0.1, -0.05) is 0 Å². The zero-order valence-electron chi connectivity index (χ0n) is 8.76. The van der Waals surface area contributed by atoms with Gasteiger partial charge in [-0.25, -0.2) is 4.39 Å². The summed E-state index contributed by atoms with van der Waals surface area (Å²) >= 11 is 0. The second kappa shape index (κ2) is 3.68. The van der Waals surface area contributed by atoms with Crippen molar-refractivity contribution in [3.05, 3.63) is 35.1 Å². The van der Waals surface area contributed by atoms with Gasteiger partial charge in [0.25, 0.3) is 0 Å². The third-order valence-corrected chi connectivity index (χ3v) is 3.03. The van der Waals surface area contributed by atoms with Crippen LogP contribution in [0.5, 0.6) is 0 Å². The van der Waals surface area contributed by atoms with E-state index in [0.29, 0.717) is 6.07 Å². The van der Waals surface area contributed by atoms with Crippen molar-refractivity contribution in [2.75, 3.05) is 0 Å². The van der Waals surface area contributed by atoms with Crippen LogP contribution in [0.25, 0.3) is 0 Å². The van der Waals surface area contributed by atoms with Crippen LogP contribution >= 0.6 is 0 Å². The lowest BCUT2D eigenvalue weighted by Crippen LogP contribution is -2.52. The molecule has 0 spiro atoms. The molecule has 0 heterocycles. The molecule has 1 aliphatic carbocycles. The minimum absolute atomic E-state index is 0.0746. The summed E-state index contributed by atoms with van der Waals surface area (Å²) in [6, 6.07) is 2.16.